The fourth-order valence-electron chi connectivity index (χ4n) is 2.88. The highest BCUT2D eigenvalue weighted by molar-refractivity contribution is 5.39. The summed E-state index contributed by atoms with van der Waals surface area (Å²) < 4.78 is 7.68. The Balaban J connectivity index is 1.38. The summed E-state index contributed by atoms with van der Waals surface area (Å²) in [5.74, 6) is 1.06. The second-order valence-electron chi connectivity index (χ2n) is 5.99. The summed E-state index contributed by atoms with van der Waals surface area (Å²) in [7, 11) is 0. The van der Waals surface area contributed by atoms with E-state index in [-0.39, 0.29) is 0 Å². The van der Waals surface area contributed by atoms with E-state index in [1.807, 2.05) is 6.20 Å². The molecule has 2 aliphatic rings. The van der Waals surface area contributed by atoms with Gasteiger partial charge in [0, 0.05) is 31.7 Å². The minimum absolute atomic E-state index is 0.741. The number of nitrogens with zero attached hydrogens (tertiary/aromatic N) is 2. The van der Waals surface area contributed by atoms with Gasteiger partial charge in [0.15, 0.2) is 0 Å². The van der Waals surface area contributed by atoms with E-state index in [1.54, 1.807) is 0 Å². The largest absolute Gasteiger partial charge is 0.493 e. The zero-order chi connectivity index (χ0) is 14.1. The minimum Gasteiger partial charge on any atom is -0.493 e. The van der Waals surface area contributed by atoms with Crippen molar-refractivity contribution in [2.75, 3.05) is 6.61 Å². The average molecular weight is 283 g/mol. The Kier molecular flexibility index (Phi) is 3.39. The normalized spacial score (nSPS) is 16.8. The van der Waals surface area contributed by atoms with E-state index in [2.05, 4.69) is 39.4 Å². The van der Waals surface area contributed by atoms with Crippen LogP contribution in [0.25, 0.3) is 0 Å². The topological polar surface area (TPSA) is 39.1 Å². The SMILES string of the molecule is c1cc(CNC2CC2)n(CCc2ccc3c(c2)CCO3)n1. The first-order valence-electron chi connectivity index (χ1n) is 7.87. The lowest BCUT2D eigenvalue weighted by atomic mass is 10.1. The van der Waals surface area contributed by atoms with Crippen molar-refractivity contribution < 1.29 is 4.74 Å². The third-order valence-corrected chi connectivity index (χ3v) is 4.32. The van der Waals surface area contributed by atoms with Gasteiger partial charge in [-0.05, 0) is 42.5 Å². The molecular formula is C17H21N3O. The number of aryl methyl sites for hydroxylation is 2. The van der Waals surface area contributed by atoms with Gasteiger partial charge in [-0.2, -0.15) is 5.10 Å². The van der Waals surface area contributed by atoms with Gasteiger partial charge >= 0.3 is 0 Å². The van der Waals surface area contributed by atoms with Crippen molar-refractivity contribution in [3.05, 3.63) is 47.3 Å². The number of hydrogen-bond donors (Lipinski definition) is 1. The third-order valence-electron chi connectivity index (χ3n) is 4.32. The molecule has 0 saturated heterocycles. The highest BCUT2D eigenvalue weighted by Crippen LogP contribution is 2.26. The Labute approximate surface area is 125 Å². The first-order valence-corrected chi connectivity index (χ1v) is 7.87. The van der Waals surface area contributed by atoms with Gasteiger partial charge in [0.25, 0.3) is 0 Å². The van der Waals surface area contributed by atoms with Crippen LogP contribution in [0.1, 0.15) is 29.7 Å². The quantitative estimate of drug-likeness (QED) is 0.884. The van der Waals surface area contributed by atoms with E-state index < -0.39 is 0 Å². The molecule has 1 aliphatic heterocycles. The van der Waals surface area contributed by atoms with E-state index in [4.69, 9.17) is 4.74 Å². The number of aromatic nitrogens is 2. The minimum atomic E-state index is 0.741. The monoisotopic (exact) mass is 283 g/mol. The average Bonchev–Trinajstić information content (AvgIpc) is 3.04. The number of ether oxygens (including phenoxy) is 1. The molecule has 4 nitrogen and oxygen atoms in total. The van der Waals surface area contributed by atoms with Crippen LogP contribution in [-0.4, -0.2) is 22.4 Å². The molecule has 2 aromatic rings. The maximum absolute atomic E-state index is 5.56. The molecular weight excluding hydrogens is 262 g/mol. The summed E-state index contributed by atoms with van der Waals surface area (Å²) in [5, 5.41) is 8.01. The second-order valence-corrected chi connectivity index (χ2v) is 5.99. The molecule has 2 heterocycles. The number of fused-ring (bicyclic) bond motifs is 1. The lowest BCUT2D eigenvalue weighted by Gasteiger charge is -2.09. The molecule has 4 heteroatoms. The Bertz CT molecular complexity index is 631. The van der Waals surface area contributed by atoms with Crippen molar-refractivity contribution in [1.82, 2.24) is 15.1 Å². The van der Waals surface area contributed by atoms with Gasteiger partial charge in [-0.1, -0.05) is 12.1 Å². The van der Waals surface area contributed by atoms with E-state index in [1.165, 1.54) is 29.7 Å². The van der Waals surface area contributed by atoms with Gasteiger partial charge in [-0.15, -0.1) is 0 Å². The molecule has 1 aromatic heterocycles. The van der Waals surface area contributed by atoms with Crippen LogP contribution in [-0.2, 0) is 25.9 Å². The van der Waals surface area contributed by atoms with Gasteiger partial charge in [0.05, 0.1) is 12.3 Å². The molecule has 1 aromatic carbocycles. The van der Waals surface area contributed by atoms with Crippen molar-refractivity contribution in [2.45, 2.75) is 44.8 Å². The lowest BCUT2D eigenvalue weighted by Crippen LogP contribution is -2.19. The molecule has 0 spiro atoms. The smallest absolute Gasteiger partial charge is 0.122 e. The molecule has 21 heavy (non-hydrogen) atoms. The van der Waals surface area contributed by atoms with Crippen LogP contribution in [0.3, 0.4) is 0 Å². The predicted octanol–water partition coefficient (Wildman–Crippen LogP) is 2.31. The summed E-state index contributed by atoms with van der Waals surface area (Å²) in [6.07, 6.45) is 6.62. The fourth-order valence-corrected chi connectivity index (χ4v) is 2.88. The zero-order valence-corrected chi connectivity index (χ0v) is 12.2. The highest BCUT2D eigenvalue weighted by atomic mass is 16.5. The number of rotatable bonds is 6. The maximum atomic E-state index is 5.56. The van der Waals surface area contributed by atoms with E-state index in [9.17, 15) is 0 Å². The Morgan fingerprint density at radius 3 is 3.14 bits per heavy atom. The van der Waals surface area contributed by atoms with Crippen molar-refractivity contribution in [3.63, 3.8) is 0 Å². The van der Waals surface area contributed by atoms with Crippen LogP contribution < -0.4 is 10.1 Å². The van der Waals surface area contributed by atoms with Gasteiger partial charge in [-0.25, -0.2) is 0 Å². The van der Waals surface area contributed by atoms with Gasteiger partial charge in [0.1, 0.15) is 5.75 Å². The molecule has 0 amide bonds. The Hall–Kier alpha value is -1.81. The van der Waals surface area contributed by atoms with Crippen molar-refractivity contribution in [2.24, 2.45) is 0 Å². The van der Waals surface area contributed by atoms with Gasteiger partial charge < -0.3 is 10.1 Å². The lowest BCUT2D eigenvalue weighted by molar-refractivity contribution is 0.357. The first-order chi connectivity index (χ1) is 10.4. The first kappa shape index (κ1) is 12.9. The van der Waals surface area contributed by atoms with Crippen molar-refractivity contribution >= 4 is 0 Å². The van der Waals surface area contributed by atoms with Crippen LogP contribution in [0.5, 0.6) is 5.75 Å². The van der Waals surface area contributed by atoms with Crippen LogP contribution in [0.2, 0.25) is 0 Å². The second kappa shape index (κ2) is 5.53. The standard InChI is InChI=1S/C17H21N3O/c1-4-17-14(7-10-21-17)11-13(1)6-9-20-16(5-8-19-20)12-18-15-2-3-15/h1,4-5,8,11,15,18H,2-3,6-7,9-10,12H2. The van der Waals surface area contributed by atoms with Crippen LogP contribution in [0.4, 0.5) is 0 Å². The fraction of sp³-hybridized carbons (Fsp3) is 0.471. The molecule has 0 bridgehead atoms. The van der Waals surface area contributed by atoms with Crippen molar-refractivity contribution in [3.8, 4) is 5.75 Å². The zero-order valence-electron chi connectivity index (χ0n) is 12.2. The molecule has 1 fully saturated rings. The third kappa shape index (κ3) is 2.95. The predicted molar refractivity (Wildman–Crippen MR) is 81.4 cm³/mol. The number of hydrogen-bond acceptors (Lipinski definition) is 3. The van der Waals surface area contributed by atoms with Gasteiger partial charge in [0.2, 0.25) is 0 Å². The molecule has 0 atom stereocenters. The molecule has 0 unspecified atom stereocenters. The summed E-state index contributed by atoms with van der Waals surface area (Å²) in [5.41, 5.74) is 4.01. The van der Waals surface area contributed by atoms with E-state index >= 15 is 0 Å². The molecule has 4 rings (SSSR count). The summed E-state index contributed by atoms with van der Waals surface area (Å²) >= 11 is 0. The molecule has 1 aliphatic carbocycles. The van der Waals surface area contributed by atoms with Gasteiger partial charge in [-0.3, -0.25) is 4.68 Å². The summed E-state index contributed by atoms with van der Waals surface area (Å²) in [6, 6.07) is 9.43. The molecule has 0 radical (unpaired) electrons. The maximum Gasteiger partial charge on any atom is 0.122 e. The summed E-state index contributed by atoms with van der Waals surface area (Å²) in [4.78, 5) is 0. The highest BCUT2D eigenvalue weighted by Gasteiger charge is 2.20. The van der Waals surface area contributed by atoms with E-state index in [0.29, 0.717) is 0 Å². The number of benzene rings is 1. The molecule has 110 valence electrons. The van der Waals surface area contributed by atoms with Crippen LogP contribution in [0, 0.1) is 0 Å². The van der Waals surface area contributed by atoms with E-state index in [0.717, 1.165) is 44.3 Å². The number of nitrogens with one attached hydrogen (secondary N) is 1. The van der Waals surface area contributed by atoms with Crippen LogP contribution >= 0.6 is 0 Å². The van der Waals surface area contributed by atoms with Crippen LogP contribution in [0.15, 0.2) is 30.5 Å². The molecule has 1 N–H and O–H groups in total. The Morgan fingerprint density at radius 1 is 1.29 bits per heavy atom. The molecule has 1 saturated carbocycles. The Morgan fingerprint density at radius 2 is 2.24 bits per heavy atom. The van der Waals surface area contributed by atoms with Crippen molar-refractivity contribution in [1.29, 1.82) is 0 Å². The summed E-state index contributed by atoms with van der Waals surface area (Å²) in [6.45, 7) is 2.70.